The molecule has 1 amide bonds. The maximum absolute atomic E-state index is 12.0. The first-order valence-corrected chi connectivity index (χ1v) is 5.44. The second-order valence-corrected chi connectivity index (χ2v) is 3.59. The predicted octanol–water partition coefficient (Wildman–Crippen LogP) is 2.81. The minimum Gasteiger partial charge on any atom is -0.411 e. The molecule has 2 aromatic carbocycles. The van der Waals surface area contributed by atoms with Crippen molar-refractivity contribution in [3.8, 4) is 0 Å². The van der Waals surface area contributed by atoms with E-state index in [1.54, 1.807) is 0 Å². The monoisotopic (exact) mass is 240 g/mol. The Bertz CT molecular complexity index is 499. The molecule has 0 aromatic heterocycles. The third-order valence-corrected chi connectivity index (χ3v) is 2.42. The largest absolute Gasteiger partial charge is 0.411 e. The zero-order chi connectivity index (χ0) is 12.8. The van der Waals surface area contributed by atoms with Crippen LogP contribution in [0.25, 0.3) is 0 Å². The number of carbonyl (C=O) groups is 1. The van der Waals surface area contributed by atoms with Crippen LogP contribution in [-0.2, 0) is 4.79 Å². The Labute approximate surface area is 105 Å². The minimum atomic E-state index is -0.407. The van der Waals surface area contributed by atoms with E-state index in [9.17, 15) is 4.79 Å². The van der Waals surface area contributed by atoms with Gasteiger partial charge in [0.25, 0.3) is 5.91 Å². The maximum atomic E-state index is 12.0. The van der Waals surface area contributed by atoms with E-state index in [2.05, 4.69) is 5.16 Å². The molecule has 0 saturated heterocycles. The normalized spacial score (nSPS) is 10.4. The van der Waals surface area contributed by atoms with E-state index in [0.717, 1.165) is 6.21 Å². The topological polar surface area (TPSA) is 52.9 Å². The third-order valence-electron chi connectivity index (χ3n) is 2.42. The van der Waals surface area contributed by atoms with Crippen LogP contribution in [0.3, 0.4) is 0 Å². The van der Waals surface area contributed by atoms with Gasteiger partial charge in [-0.3, -0.25) is 9.69 Å². The highest BCUT2D eigenvalue weighted by molar-refractivity contribution is 6.34. The lowest BCUT2D eigenvalue weighted by atomic mass is 10.2. The van der Waals surface area contributed by atoms with Gasteiger partial charge in [0, 0.05) is 11.4 Å². The van der Waals surface area contributed by atoms with Crippen molar-refractivity contribution < 1.29 is 10.0 Å². The van der Waals surface area contributed by atoms with Crippen LogP contribution >= 0.6 is 0 Å². The van der Waals surface area contributed by atoms with Crippen molar-refractivity contribution >= 4 is 23.5 Å². The van der Waals surface area contributed by atoms with Crippen molar-refractivity contribution in [3.63, 3.8) is 0 Å². The second-order valence-electron chi connectivity index (χ2n) is 3.59. The van der Waals surface area contributed by atoms with Crippen molar-refractivity contribution in [2.45, 2.75) is 0 Å². The molecule has 0 unspecified atom stereocenters. The number of rotatable bonds is 3. The molecule has 2 rings (SSSR count). The molecule has 4 nitrogen and oxygen atoms in total. The minimum absolute atomic E-state index is 0.407. The van der Waals surface area contributed by atoms with Crippen molar-refractivity contribution in [2.24, 2.45) is 5.16 Å². The number of anilines is 2. The molecule has 0 aliphatic heterocycles. The SMILES string of the molecule is O=C(/C=N/O)N(c1ccccc1)c1ccccc1. The lowest BCUT2D eigenvalue weighted by Crippen LogP contribution is -2.26. The summed E-state index contributed by atoms with van der Waals surface area (Å²) >= 11 is 0. The van der Waals surface area contributed by atoms with Gasteiger partial charge in [-0.2, -0.15) is 0 Å². The van der Waals surface area contributed by atoms with E-state index in [0.29, 0.717) is 11.4 Å². The summed E-state index contributed by atoms with van der Waals surface area (Å²) in [5.74, 6) is -0.407. The quantitative estimate of drug-likeness (QED) is 0.509. The molecule has 0 fully saturated rings. The van der Waals surface area contributed by atoms with Gasteiger partial charge in [0.15, 0.2) is 0 Å². The summed E-state index contributed by atoms with van der Waals surface area (Å²) < 4.78 is 0. The number of hydrogen-bond donors (Lipinski definition) is 1. The smallest absolute Gasteiger partial charge is 0.277 e. The van der Waals surface area contributed by atoms with Crippen molar-refractivity contribution in [2.75, 3.05) is 4.90 Å². The van der Waals surface area contributed by atoms with Gasteiger partial charge < -0.3 is 5.21 Å². The average molecular weight is 240 g/mol. The lowest BCUT2D eigenvalue weighted by molar-refractivity contribution is -0.111. The fraction of sp³-hybridized carbons (Fsp3) is 0. The molecule has 0 heterocycles. The molecule has 0 radical (unpaired) electrons. The van der Waals surface area contributed by atoms with Gasteiger partial charge >= 0.3 is 0 Å². The molecule has 90 valence electrons. The van der Waals surface area contributed by atoms with Crippen molar-refractivity contribution in [3.05, 3.63) is 60.7 Å². The Morgan fingerprint density at radius 3 is 1.78 bits per heavy atom. The fourth-order valence-corrected chi connectivity index (χ4v) is 1.66. The molecule has 0 saturated carbocycles. The number of para-hydroxylation sites is 2. The van der Waals surface area contributed by atoms with E-state index in [-0.39, 0.29) is 0 Å². The van der Waals surface area contributed by atoms with Gasteiger partial charge in [-0.1, -0.05) is 41.6 Å². The van der Waals surface area contributed by atoms with Gasteiger partial charge in [-0.25, -0.2) is 0 Å². The molecule has 18 heavy (non-hydrogen) atoms. The number of carbonyl (C=O) groups excluding carboxylic acids is 1. The number of amides is 1. The average Bonchev–Trinajstić information content (AvgIpc) is 2.42. The highest BCUT2D eigenvalue weighted by Gasteiger charge is 2.15. The highest BCUT2D eigenvalue weighted by atomic mass is 16.4. The summed E-state index contributed by atoms with van der Waals surface area (Å²) in [6, 6.07) is 18.4. The Balaban J connectivity index is 2.45. The van der Waals surface area contributed by atoms with Crippen LogP contribution < -0.4 is 4.90 Å². The van der Waals surface area contributed by atoms with Crippen LogP contribution in [-0.4, -0.2) is 17.3 Å². The van der Waals surface area contributed by atoms with Crippen molar-refractivity contribution in [1.82, 2.24) is 0 Å². The number of oxime groups is 1. The molecular weight excluding hydrogens is 228 g/mol. The standard InChI is InChI=1S/C14H12N2O2/c17-14(11-15-18)16(12-7-3-1-4-8-12)13-9-5-2-6-10-13/h1-11,18H/b15-11+. The summed E-state index contributed by atoms with van der Waals surface area (Å²) in [6.45, 7) is 0. The summed E-state index contributed by atoms with van der Waals surface area (Å²) in [5, 5.41) is 11.3. The van der Waals surface area contributed by atoms with E-state index >= 15 is 0 Å². The van der Waals surface area contributed by atoms with E-state index in [1.807, 2.05) is 60.7 Å². The van der Waals surface area contributed by atoms with Crippen LogP contribution in [0.5, 0.6) is 0 Å². The molecule has 4 heteroatoms. The molecule has 1 N–H and O–H groups in total. The van der Waals surface area contributed by atoms with E-state index in [1.165, 1.54) is 4.90 Å². The fourth-order valence-electron chi connectivity index (χ4n) is 1.66. The molecular formula is C14H12N2O2. The van der Waals surface area contributed by atoms with Crippen LogP contribution in [0.1, 0.15) is 0 Å². The number of hydrogen-bond acceptors (Lipinski definition) is 3. The first-order chi connectivity index (χ1) is 8.83. The summed E-state index contributed by atoms with van der Waals surface area (Å²) in [6.07, 6.45) is 0.875. The second kappa shape index (κ2) is 5.63. The van der Waals surface area contributed by atoms with E-state index in [4.69, 9.17) is 5.21 Å². The zero-order valence-corrected chi connectivity index (χ0v) is 9.60. The Hall–Kier alpha value is -2.62. The lowest BCUT2D eigenvalue weighted by Gasteiger charge is -2.20. The summed E-state index contributed by atoms with van der Waals surface area (Å²) in [7, 11) is 0. The van der Waals surface area contributed by atoms with Gasteiger partial charge in [-0.05, 0) is 24.3 Å². The highest BCUT2D eigenvalue weighted by Crippen LogP contribution is 2.24. The van der Waals surface area contributed by atoms with Crippen LogP contribution in [0.4, 0.5) is 11.4 Å². The van der Waals surface area contributed by atoms with Gasteiger partial charge in [0.1, 0.15) is 6.21 Å². The van der Waals surface area contributed by atoms with Gasteiger partial charge in [0.05, 0.1) is 0 Å². The van der Waals surface area contributed by atoms with Gasteiger partial charge in [0.2, 0.25) is 0 Å². The first-order valence-electron chi connectivity index (χ1n) is 5.44. The van der Waals surface area contributed by atoms with Crippen LogP contribution in [0.15, 0.2) is 65.8 Å². The summed E-state index contributed by atoms with van der Waals surface area (Å²) in [5.41, 5.74) is 1.43. The number of benzene rings is 2. The van der Waals surface area contributed by atoms with E-state index < -0.39 is 5.91 Å². The maximum Gasteiger partial charge on any atom is 0.277 e. The third kappa shape index (κ3) is 2.55. The molecule has 2 aromatic rings. The number of nitrogens with zero attached hydrogens (tertiary/aromatic N) is 2. The first kappa shape index (κ1) is 11.9. The van der Waals surface area contributed by atoms with Crippen LogP contribution in [0.2, 0.25) is 0 Å². The Morgan fingerprint density at radius 2 is 1.39 bits per heavy atom. The molecule has 0 atom stereocenters. The van der Waals surface area contributed by atoms with Gasteiger partial charge in [-0.15, -0.1) is 0 Å². The Kier molecular flexibility index (Phi) is 3.71. The predicted molar refractivity (Wildman–Crippen MR) is 70.3 cm³/mol. The summed E-state index contributed by atoms with van der Waals surface area (Å²) in [4.78, 5) is 13.4. The molecule has 0 bridgehead atoms. The van der Waals surface area contributed by atoms with Crippen molar-refractivity contribution in [1.29, 1.82) is 0 Å². The molecule has 0 aliphatic rings. The molecule has 0 spiro atoms. The molecule has 0 aliphatic carbocycles. The Morgan fingerprint density at radius 1 is 0.944 bits per heavy atom. The van der Waals surface area contributed by atoms with Crippen LogP contribution in [0, 0.1) is 0 Å². The zero-order valence-electron chi connectivity index (χ0n) is 9.60.